The third kappa shape index (κ3) is 2.86. The third-order valence-corrected chi connectivity index (χ3v) is 3.77. The second-order valence-corrected chi connectivity index (χ2v) is 5.32. The molecule has 0 aliphatic rings. The highest BCUT2D eigenvalue weighted by Crippen LogP contribution is 2.33. The number of phenols is 1. The van der Waals surface area contributed by atoms with E-state index in [2.05, 4.69) is 0 Å². The minimum atomic E-state index is -1.28. The maximum absolute atomic E-state index is 12.7. The summed E-state index contributed by atoms with van der Waals surface area (Å²) in [6.45, 7) is 5.46. The Bertz CT molecular complexity index is 843. The van der Waals surface area contributed by atoms with Crippen molar-refractivity contribution >= 4 is 23.0 Å². The predicted molar refractivity (Wildman–Crippen MR) is 89.2 cm³/mol. The molecule has 122 valence electrons. The standard InChI is InChI=1S/C18H20O5/c1-4-7-10-9-13-15(20)11(6-3)17(18(21)22)23-16(13)12(8-5-2)14(10)19/h4,7,9,19H,5-6,8H2,1-3H3,(H,21,22). The zero-order valence-electron chi connectivity index (χ0n) is 13.5. The van der Waals surface area contributed by atoms with Crippen molar-refractivity contribution in [2.45, 2.75) is 40.0 Å². The zero-order valence-corrected chi connectivity index (χ0v) is 13.5. The van der Waals surface area contributed by atoms with Crippen molar-refractivity contribution in [3.05, 3.63) is 44.8 Å². The number of phenolic OH excluding ortho intramolecular Hbond substituents is 1. The Hall–Kier alpha value is -2.56. The molecule has 0 bridgehead atoms. The molecule has 0 aliphatic heterocycles. The van der Waals surface area contributed by atoms with E-state index in [1.165, 1.54) is 0 Å². The molecule has 0 spiro atoms. The molecule has 2 aromatic rings. The lowest BCUT2D eigenvalue weighted by atomic mass is 9.98. The maximum atomic E-state index is 12.7. The summed E-state index contributed by atoms with van der Waals surface area (Å²) in [4.78, 5) is 24.1. The highest BCUT2D eigenvalue weighted by atomic mass is 16.4. The summed E-state index contributed by atoms with van der Waals surface area (Å²) in [6, 6.07) is 1.56. The monoisotopic (exact) mass is 316 g/mol. The number of carboxylic acids is 1. The molecule has 0 saturated heterocycles. The predicted octanol–water partition coefficient (Wildman–Crippen LogP) is 3.74. The van der Waals surface area contributed by atoms with Crippen LogP contribution in [0.2, 0.25) is 0 Å². The molecule has 0 saturated carbocycles. The molecule has 0 aliphatic carbocycles. The van der Waals surface area contributed by atoms with E-state index in [-0.39, 0.29) is 34.5 Å². The van der Waals surface area contributed by atoms with Gasteiger partial charge in [-0.2, -0.15) is 0 Å². The first-order valence-corrected chi connectivity index (χ1v) is 7.66. The Morgan fingerprint density at radius 1 is 1.30 bits per heavy atom. The molecule has 23 heavy (non-hydrogen) atoms. The van der Waals surface area contributed by atoms with Crippen LogP contribution in [0.1, 0.15) is 54.4 Å². The summed E-state index contributed by atoms with van der Waals surface area (Å²) in [5.74, 6) is -1.60. The number of hydrogen-bond acceptors (Lipinski definition) is 4. The molecule has 2 rings (SSSR count). The molecule has 2 N–H and O–H groups in total. The molecule has 0 unspecified atom stereocenters. The van der Waals surface area contributed by atoms with E-state index in [0.29, 0.717) is 22.9 Å². The highest BCUT2D eigenvalue weighted by Gasteiger charge is 2.22. The van der Waals surface area contributed by atoms with Crippen molar-refractivity contribution in [2.75, 3.05) is 0 Å². The molecule has 0 atom stereocenters. The zero-order chi connectivity index (χ0) is 17.1. The van der Waals surface area contributed by atoms with E-state index >= 15 is 0 Å². The molecule has 1 aromatic carbocycles. The fourth-order valence-corrected chi connectivity index (χ4v) is 2.73. The molecule has 1 aromatic heterocycles. The molecular formula is C18H20O5. The molecule has 0 fully saturated rings. The fourth-order valence-electron chi connectivity index (χ4n) is 2.73. The molecule has 0 amide bonds. The maximum Gasteiger partial charge on any atom is 0.372 e. The summed E-state index contributed by atoms with van der Waals surface area (Å²) < 4.78 is 5.54. The molecular weight excluding hydrogens is 296 g/mol. The van der Waals surface area contributed by atoms with Gasteiger partial charge in [-0.1, -0.05) is 32.4 Å². The number of allylic oxidation sites excluding steroid dienone is 1. The van der Waals surface area contributed by atoms with Gasteiger partial charge in [-0.25, -0.2) is 4.79 Å². The van der Waals surface area contributed by atoms with Gasteiger partial charge in [0.1, 0.15) is 11.3 Å². The van der Waals surface area contributed by atoms with Crippen LogP contribution < -0.4 is 5.43 Å². The van der Waals surface area contributed by atoms with Gasteiger partial charge < -0.3 is 14.6 Å². The Labute approximate surface area is 133 Å². The van der Waals surface area contributed by atoms with Gasteiger partial charge in [0.25, 0.3) is 0 Å². The molecule has 0 radical (unpaired) electrons. The number of fused-ring (bicyclic) bond motifs is 1. The minimum Gasteiger partial charge on any atom is -0.507 e. The molecule has 1 heterocycles. The number of aromatic hydroxyl groups is 1. The van der Waals surface area contributed by atoms with Crippen molar-refractivity contribution in [2.24, 2.45) is 0 Å². The van der Waals surface area contributed by atoms with Crippen molar-refractivity contribution in [1.29, 1.82) is 0 Å². The van der Waals surface area contributed by atoms with Crippen LogP contribution in [-0.4, -0.2) is 16.2 Å². The number of benzene rings is 1. The van der Waals surface area contributed by atoms with Gasteiger partial charge in [-0.15, -0.1) is 0 Å². The summed E-state index contributed by atoms with van der Waals surface area (Å²) in [6.07, 6.45) is 4.96. The van der Waals surface area contributed by atoms with E-state index in [4.69, 9.17) is 4.42 Å². The van der Waals surface area contributed by atoms with E-state index < -0.39 is 5.97 Å². The Morgan fingerprint density at radius 3 is 2.52 bits per heavy atom. The Morgan fingerprint density at radius 2 is 2.00 bits per heavy atom. The van der Waals surface area contributed by atoms with E-state index in [9.17, 15) is 19.8 Å². The van der Waals surface area contributed by atoms with Gasteiger partial charge in [0.15, 0.2) is 5.43 Å². The summed E-state index contributed by atoms with van der Waals surface area (Å²) in [5.41, 5.74) is 0.956. The minimum absolute atomic E-state index is 0.0289. The van der Waals surface area contributed by atoms with Gasteiger partial charge in [-0.3, -0.25) is 4.79 Å². The topological polar surface area (TPSA) is 87.7 Å². The number of carbonyl (C=O) groups is 1. The van der Waals surface area contributed by atoms with Crippen LogP contribution in [0.5, 0.6) is 5.75 Å². The largest absolute Gasteiger partial charge is 0.507 e. The second kappa shape index (κ2) is 6.69. The van der Waals surface area contributed by atoms with Crippen LogP contribution in [0.4, 0.5) is 0 Å². The average molecular weight is 316 g/mol. The van der Waals surface area contributed by atoms with Crippen molar-refractivity contribution in [3.63, 3.8) is 0 Å². The van der Waals surface area contributed by atoms with Crippen LogP contribution in [-0.2, 0) is 12.8 Å². The van der Waals surface area contributed by atoms with Crippen LogP contribution in [0.15, 0.2) is 21.4 Å². The van der Waals surface area contributed by atoms with Crippen LogP contribution in [0.25, 0.3) is 17.0 Å². The average Bonchev–Trinajstić information content (AvgIpc) is 2.51. The quantitative estimate of drug-likeness (QED) is 0.877. The van der Waals surface area contributed by atoms with Crippen LogP contribution in [0, 0.1) is 0 Å². The summed E-state index contributed by atoms with van der Waals surface area (Å²) >= 11 is 0. The summed E-state index contributed by atoms with van der Waals surface area (Å²) in [7, 11) is 0. The van der Waals surface area contributed by atoms with Gasteiger partial charge >= 0.3 is 5.97 Å². The van der Waals surface area contributed by atoms with Gasteiger partial charge in [0, 0.05) is 11.1 Å². The lowest BCUT2D eigenvalue weighted by Gasteiger charge is -2.12. The smallest absolute Gasteiger partial charge is 0.372 e. The van der Waals surface area contributed by atoms with Gasteiger partial charge in [0.05, 0.1) is 10.9 Å². The molecule has 5 nitrogen and oxygen atoms in total. The number of hydrogen-bond donors (Lipinski definition) is 2. The first-order chi connectivity index (χ1) is 11.0. The highest BCUT2D eigenvalue weighted by molar-refractivity contribution is 5.92. The fraction of sp³-hybridized carbons (Fsp3) is 0.333. The number of carboxylic acid groups (broad SMARTS) is 1. The van der Waals surface area contributed by atoms with E-state index in [0.717, 1.165) is 6.42 Å². The van der Waals surface area contributed by atoms with E-state index in [1.54, 1.807) is 25.1 Å². The van der Waals surface area contributed by atoms with Gasteiger partial charge in [0.2, 0.25) is 5.76 Å². The Balaban J connectivity index is 3.01. The number of rotatable bonds is 5. The van der Waals surface area contributed by atoms with Gasteiger partial charge in [-0.05, 0) is 25.8 Å². The van der Waals surface area contributed by atoms with Crippen molar-refractivity contribution < 1.29 is 19.4 Å². The normalized spacial score (nSPS) is 11.4. The van der Waals surface area contributed by atoms with Crippen molar-refractivity contribution in [1.82, 2.24) is 0 Å². The first kappa shape index (κ1) is 16.8. The third-order valence-electron chi connectivity index (χ3n) is 3.77. The molecule has 5 heteroatoms. The van der Waals surface area contributed by atoms with E-state index in [1.807, 2.05) is 13.8 Å². The van der Waals surface area contributed by atoms with Crippen LogP contribution >= 0.6 is 0 Å². The first-order valence-electron chi connectivity index (χ1n) is 7.66. The lowest BCUT2D eigenvalue weighted by molar-refractivity contribution is 0.0661. The summed E-state index contributed by atoms with van der Waals surface area (Å²) in [5, 5.41) is 20.0. The SMILES string of the molecule is CC=Cc1cc2c(=O)c(CC)c(C(=O)O)oc2c(CCC)c1O. The second-order valence-electron chi connectivity index (χ2n) is 5.32. The Kier molecular flexibility index (Phi) is 4.89. The van der Waals surface area contributed by atoms with Crippen LogP contribution in [0.3, 0.4) is 0 Å². The number of aromatic carboxylic acids is 1. The lowest BCUT2D eigenvalue weighted by Crippen LogP contribution is -2.16. The van der Waals surface area contributed by atoms with Crippen molar-refractivity contribution in [3.8, 4) is 5.75 Å². The number of aryl methyl sites for hydroxylation is 1.